The first-order valence-corrected chi connectivity index (χ1v) is 5.87. The van der Waals surface area contributed by atoms with E-state index >= 15 is 0 Å². The number of hydrogen-bond donors (Lipinski definition) is 2. The van der Waals surface area contributed by atoms with Gasteiger partial charge in [0.1, 0.15) is 11.5 Å². The van der Waals surface area contributed by atoms with Crippen LogP contribution in [0, 0.1) is 0 Å². The number of furan rings is 2. The molecule has 2 aromatic rings. The molecule has 2 rings (SSSR count). The Morgan fingerprint density at radius 3 is 1.89 bits per heavy atom. The molecule has 0 aliphatic carbocycles. The van der Waals surface area contributed by atoms with E-state index in [4.69, 9.17) is 20.3 Å². The van der Waals surface area contributed by atoms with Gasteiger partial charge in [0.2, 0.25) is 6.35 Å². The summed E-state index contributed by atoms with van der Waals surface area (Å²) in [4.78, 5) is 9.23. The lowest BCUT2D eigenvalue weighted by atomic mass is 10.2. The van der Waals surface area contributed by atoms with E-state index in [2.05, 4.69) is 4.74 Å². The van der Waals surface area contributed by atoms with Crippen LogP contribution >= 0.6 is 0 Å². The van der Waals surface area contributed by atoms with Gasteiger partial charge in [0.15, 0.2) is 0 Å². The number of carbonyl (C=O) groups excluding carboxylic acids is 1. The lowest BCUT2D eigenvalue weighted by molar-refractivity contribution is -0.132. The molecule has 0 radical (unpaired) electrons. The highest BCUT2D eigenvalue weighted by atomic mass is 16.5. The minimum Gasteiger partial charge on any atom is -0.469 e. The van der Waals surface area contributed by atoms with Gasteiger partial charge >= 0.3 is 0 Å². The Hall–Kier alpha value is -2.05. The Morgan fingerprint density at radius 1 is 1.11 bits per heavy atom. The Morgan fingerprint density at radius 2 is 1.63 bits per heavy atom. The molecule has 6 heteroatoms. The number of nitrogens with two attached hydrogens (primary N) is 2. The summed E-state index contributed by atoms with van der Waals surface area (Å²) >= 11 is 0. The number of carbonyl (C=O) groups is 1. The molecule has 0 spiro atoms. The summed E-state index contributed by atoms with van der Waals surface area (Å²) in [6.07, 6.45) is 5.48. The minimum absolute atomic E-state index is 0.199. The first-order valence-electron chi connectivity index (χ1n) is 5.87. The largest absolute Gasteiger partial charge is 0.469 e. The summed E-state index contributed by atoms with van der Waals surface area (Å²) in [7, 11) is 0. The molecule has 0 atom stereocenters. The second kappa shape index (κ2) is 8.96. The molecule has 6 nitrogen and oxygen atoms in total. The van der Waals surface area contributed by atoms with Crippen LogP contribution in [0.3, 0.4) is 0 Å². The lowest BCUT2D eigenvalue weighted by Crippen LogP contribution is -2.32. The molecule has 2 aromatic heterocycles. The van der Waals surface area contributed by atoms with Gasteiger partial charge in [-0.15, -0.1) is 0 Å². The first-order chi connectivity index (χ1) is 9.22. The minimum atomic E-state index is -0.970. The van der Waals surface area contributed by atoms with Crippen LogP contribution in [0.15, 0.2) is 45.6 Å². The molecule has 2 heterocycles. The Labute approximate surface area is 111 Å². The molecule has 0 saturated carbocycles. The van der Waals surface area contributed by atoms with Crippen molar-refractivity contribution in [3.63, 3.8) is 0 Å². The van der Waals surface area contributed by atoms with Gasteiger partial charge in [-0.1, -0.05) is 0 Å². The highest BCUT2D eigenvalue weighted by Crippen LogP contribution is 2.08. The molecule has 0 bridgehead atoms. The fraction of sp³-hybridized carbons (Fsp3) is 0.308. The first kappa shape index (κ1) is 15.0. The van der Waals surface area contributed by atoms with Crippen molar-refractivity contribution < 1.29 is 18.4 Å². The predicted octanol–water partition coefficient (Wildman–Crippen LogP) is 1.41. The van der Waals surface area contributed by atoms with Gasteiger partial charge in [0.25, 0.3) is 6.47 Å². The molecule has 0 aliphatic heterocycles. The highest BCUT2D eigenvalue weighted by Gasteiger charge is 1.98. The molecule has 0 saturated heterocycles. The van der Waals surface area contributed by atoms with Gasteiger partial charge in [0, 0.05) is 12.8 Å². The van der Waals surface area contributed by atoms with Crippen LogP contribution in [0.4, 0.5) is 0 Å². The third-order valence-corrected chi connectivity index (χ3v) is 2.22. The Balaban J connectivity index is 0.000000258. The van der Waals surface area contributed by atoms with Crippen molar-refractivity contribution >= 4 is 6.47 Å². The van der Waals surface area contributed by atoms with Crippen LogP contribution in [0.5, 0.6) is 0 Å². The Bertz CT molecular complexity index is 389. The van der Waals surface area contributed by atoms with Crippen LogP contribution in [0.25, 0.3) is 0 Å². The second-order valence-electron chi connectivity index (χ2n) is 3.71. The second-order valence-corrected chi connectivity index (χ2v) is 3.71. The van der Waals surface area contributed by atoms with Crippen molar-refractivity contribution in [2.24, 2.45) is 11.5 Å². The molecule has 0 fully saturated rings. The van der Waals surface area contributed by atoms with E-state index in [0.717, 1.165) is 30.8 Å². The quantitative estimate of drug-likeness (QED) is 0.605. The van der Waals surface area contributed by atoms with Gasteiger partial charge in [-0.05, 0) is 30.7 Å². The summed E-state index contributed by atoms with van der Waals surface area (Å²) < 4.78 is 14.4. The van der Waals surface area contributed by atoms with Crippen molar-refractivity contribution in [3.05, 3.63) is 48.3 Å². The van der Waals surface area contributed by atoms with Crippen molar-refractivity contribution in [1.82, 2.24) is 0 Å². The van der Waals surface area contributed by atoms with Gasteiger partial charge in [0.05, 0.1) is 12.5 Å². The molecule has 104 valence electrons. The zero-order chi connectivity index (χ0) is 13.9. The number of aryl methyl sites for hydroxylation is 2. The molecule has 19 heavy (non-hydrogen) atoms. The zero-order valence-corrected chi connectivity index (χ0v) is 10.5. The predicted molar refractivity (Wildman–Crippen MR) is 68.8 cm³/mol. The summed E-state index contributed by atoms with van der Waals surface area (Å²) in [5.74, 6) is 2.10. The van der Waals surface area contributed by atoms with E-state index in [9.17, 15) is 4.79 Å². The Kier molecular flexibility index (Phi) is 7.08. The summed E-state index contributed by atoms with van der Waals surface area (Å²) in [6, 6.07) is 7.84. The summed E-state index contributed by atoms with van der Waals surface area (Å²) in [5.41, 5.74) is 9.45. The average molecular weight is 266 g/mol. The van der Waals surface area contributed by atoms with Crippen molar-refractivity contribution in [3.8, 4) is 0 Å². The van der Waals surface area contributed by atoms with Crippen molar-refractivity contribution in [1.29, 1.82) is 0 Å². The lowest BCUT2D eigenvalue weighted by Gasteiger charge is -1.96. The van der Waals surface area contributed by atoms with Crippen LogP contribution < -0.4 is 11.5 Å². The standard InChI is InChI=1S/C11H12O2.C2H6N2O2/c1(4-10-6-2-8-12-10)5-11-7-3-9-13-11;3-2(4)6-1-5/h2-3,6-9H,1,4-5H2;1-2H,3-4H2. The maximum atomic E-state index is 9.23. The van der Waals surface area contributed by atoms with Crippen LogP contribution in [0.1, 0.15) is 17.9 Å². The number of hydrogen-bond acceptors (Lipinski definition) is 6. The van der Waals surface area contributed by atoms with E-state index in [1.807, 2.05) is 24.3 Å². The number of rotatable bonds is 6. The normalized spacial score (nSPS) is 9.84. The van der Waals surface area contributed by atoms with Crippen LogP contribution in [0.2, 0.25) is 0 Å². The molecular formula is C13H18N2O4. The summed E-state index contributed by atoms with van der Waals surface area (Å²) in [5, 5.41) is 0. The molecule has 0 amide bonds. The fourth-order valence-electron chi connectivity index (χ4n) is 1.41. The van der Waals surface area contributed by atoms with Crippen molar-refractivity contribution in [2.75, 3.05) is 0 Å². The fourth-order valence-corrected chi connectivity index (χ4v) is 1.41. The van der Waals surface area contributed by atoms with E-state index in [0.29, 0.717) is 0 Å². The molecular weight excluding hydrogens is 248 g/mol. The van der Waals surface area contributed by atoms with Crippen molar-refractivity contribution in [2.45, 2.75) is 25.6 Å². The van der Waals surface area contributed by atoms with Gasteiger partial charge < -0.3 is 13.6 Å². The smallest absolute Gasteiger partial charge is 0.295 e. The van der Waals surface area contributed by atoms with Crippen LogP contribution in [-0.2, 0) is 22.4 Å². The van der Waals surface area contributed by atoms with E-state index in [-0.39, 0.29) is 6.47 Å². The maximum absolute atomic E-state index is 9.23. The maximum Gasteiger partial charge on any atom is 0.295 e. The van der Waals surface area contributed by atoms with E-state index in [1.165, 1.54) is 0 Å². The van der Waals surface area contributed by atoms with Crippen LogP contribution in [-0.4, -0.2) is 12.8 Å². The monoisotopic (exact) mass is 266 g/mol. The third-order valence-electron chi connectivity index (χ3n) is 2.22. The highest BCUT2D eigenvalue weighted by molar-refractivity contribution is 5.37. The van der Waals surface area contributed by atoms with E-state index in [1.54, 1.807) is 12.5 Å². The average Bonchev–Trinajstić information content (AvgIpc) is 3.02. The van der Waals surface area contributed by atoms with Gasteiger partial charge in [-0.3, -0.25) is 16.3 Å². The molecule has 0 unspecified atom stereocenters. The SMILES string of the molecule is NC(N)OC=O.c1coc(CCCc2ccco2)c1. The van der Waals surface area contributed by atoms with E-state index < -0.39 is 6.35 Å². The summed E-state index contributed by atoms with van der Waals surface area (Å²) in [6.45, 7) is 0.199. The topological polar surface area (TPSA) is 105 Å². The number of ether oxygens (including phenoxy) is 1. The molecule has 0 aromatic carbocycles. The van der Waals surface area contributed by atoms with Gasteiger partial charge in [-0.25, -0.2) is 0 Å². The zero-order valence-electron chi connectivity index (χ0n) is 10.5. The molecule has 0 aliphatic rings. The van der Waals surface area contributed by atoms with Gasteiger partial charge in [-0.2, -0.15) is 0 Å². The third kappa shape index (κ3) is 7.07. The molecule has 4 N–H and O–H groups in total.